The van der Waals surface area contributed by atoms with Crippen molar-refractivity contribution in [1.29, 1.82) is 0 Å². The van der Waals surface area contributed by atoms with Gasteiger partial charge in [0.15, 0.2) is 0 Å². The minimum atomic E-state index is -4.51. The van der Waals surface area contributed by atoms with Gasteiger partial charge in [-0.3, -0.25) is 9.78 Å². The van der Waals surface area contributed by atoms with Gasteiger partial charge in [-0.2, -0.15) is 13.2 Å². The average Bonchev–Trinajstić information content (AvgIpc) is 2.23. The average molecular weight is 246 g/mol. The summed E-state index contributed by atoms with van der Waals surface area (Å²) in [6, 6.07) is 1.85. The van der Waals surface area contributed by atoms with Crippen LogP contribution in [0.15, 0.2) is 18.3 Å². The number of β-amino-alcohol motifs (C(OH)–C–C–N with tert-alkyl or cyclic N) is 1. The summed E-state index contributed by atoms with van der Waals surface area (Å²) in [7, 11) is 0. The first-order valence-corrected chi connectivity index (χ1v) is 4.88. The van der Waals surface area contributed by atoms with Gasteiger partial charge in [-0.1, -0.05) is 0 Å². The SMILES string of the molecule is O=C(c1ccc(C(F)(F)F)nc1)N1CC(O)C1. The Bertz CT molecular complexity index is 424. The molecule has 92 valence electrons. The quantitative estimate of drug-likeness (QED) is 0.801. The number of nitrogens with zero attached hydrogens (tertiary/aromatic N) is 2. The fourth-order valence-corrected chi connectivity index (χ4v) is 1.49. The molecule has 0 bridgehead atoms. The number of aliphatic hydroxyl groups is 1. The first-order chi connectivity index (χ1) is 7.88. The van der Waals surface area contributed by atoms with Gasteiger partial charge in [-0.05, 0) is 12.1 Å². The lowest BCUT2D eigenvalue weighted by molar-refractivity contribution is -0.141. The van der Waals surface area contributed by atoms with Crippen molar-refractivity contribution >= 4 is 5.91 Å². The van der Waals surface area contributed by atoms with E-state index in [0.29, 0.717) is 0 Å². The van der Waals surface area contributed by atoms with Crippen molar-refractivity contribution in [2.24, 2.45) is 0 Å². The van der Waals surface area contributed by atoms with Crippen LogP contribution in [0.3, 0.4) is 0 Å². The van der Waals surface area contributed by atoms with Crippen LogP contribution in [0.25, 0.3) is 0 Å². The number of halogens is 3. The van der Waals surface area contributed by atoms with E-state index in [0.717, 1.165) is 18.3 Å². The number of hydrogen-bond donors (Lipinski definition) is 1. The molecule has 0 atom stereocenters. The van der Waals surface area contributed by atoms with E-state index in [1.807, 2.05) is 0 Å². The molecule has 1 aromatic rings. The fraction of sp³-hybridized carbons (Fsp3) is 0.400. The predicted octanol–water partition coefficient (Wildman–Crippen LogP) is 0.917. The van der Waals surface area contributed by atoms with Gasteiger partial charge in [0.05, 0.1) is 11.7 Å². The third kappa shape index (κ3) is 2.38. The molecule has 1 aliphatic rings. The highest BCUT2D eigenvalue weighted by Gasteiger charge is 2.33. The molecule has 2 heterocycles. The molecule has 0 aromatic carbocycles. The van der Waals surface area contributed by atoms with Gasteiger partial charge >= 0.3 is 6.18 Å². The number of hydrogen-bond acceptors (Lipinski definition) is 3. The number of amides is 1. The topological polar surface area (TPSA) is 53.4 Å². The van der Waals surface area contributed by atoms with E-state index in [1.165, 1.54) is 4.90 Å². The Labute approximate surface area is 94.7 Å². The Kier molecular flexibility index (Phi) is 2.78. The highest BCUT2D eigenvalue weighted by atomic mass is 19.4. The van der Waals surface area contributed by atoms with E-state index >= 15 is 0 Å². The van der Waals surface area contributed by atoms with E-state index < -0.39 is 23.9 Å². The maximum absolute atomic E-state index is 12.2. The molecule has 0 spiro atoms. The Morgan fingerprint density at radius 1 is 1.41 bits per heavy atom. The van der Waals surface area contributed by atoms with Crippen LogP contribution in [-0.4, -0.2) is 40.1 Å². The lowest BCUT2D eigenvalue weighted by Crippen LogP contribution is -2.53. The summed E-state index contributed by atoms with van der Waals surface area (Å²) in [4.78, 5) is 16.2. The second-order valence-electron chi connectivity index (χ2n) is 3.79. The van der Waals surface area contributed by atoms with Crippen molar-refractivity contribution in [1.82, 2.24) is 9.88 Å². The van der Waals surface area contributed by atoms with Gasteiger partial charge in [-0.25, -0.2) is 0 Å². The Balaban J connectivity index is 2.10. The predicted molar refractivity (Wildman–Crippen MR) is 51.1 cm³/mol. The summed E-state index contributed by atoms with van der Waals surface area (Å²) in [5.41, 5.74) is -0.942. The molecule has 1 amide bonds. The van der Waals surface area contributed by atoms with E-state index in [4.69, 9.17) is 5.11 Å². The molecular weight excluding hydrogens is 237 g/mol. The summed E-state index contributed by atoms with van der Waals surface area (Å²) >= 11 is 0. The number of aliphatic hydroxyl groups excluding tert-OH is 1. The van der Waals surface area contributed by atoms with Crippen LogP contribution in [0.4, 0.5) is 13.2 Å². The molecule has 1 fully saturated rings. The van der Waals surface area contributed by atoms with Gasteiger partial charge in [0, 0.05) is 19.3 Å². The van der Waals surface area contributed by atoms with Crippen LogP contribution in [0, 0.1) is 0 Å². The van der Waals surface area contributed by atoms with Gasteiger partial charge < -0.3 is 10.0 Å². The molecule has 1 aliphatic heterocycles. The van der Waals surface area contributed by atoms with Crippen LogP contribution in [0.2, 0.25) is 0 Å². The zero-order chi connectivity index (χ0) is 12.6. The van der Waals surface area contributed by atoms with Gasteiger partial charge in [-0.15, -0.1) is 0 Å². The second kappa shape index (κ2) is 3.99. The van der Waals surface area contributed by atoms with Crippen molar-refractivity contribution in [3.05, 3.63) is 29.6 Å². The molecule has 4 nitrogen and oxygen atoms in total. The molecule has 2 rings (SSSR count). The Hall–Kier alpha value is -1.63. The maximum Gasteiger partial charge on any atom is 0.433 e. The third-order valence-corrected chi connectivity index (χ3v) is 2.45. The van der Waals surface area contributed by atoms with Gasteiger partial charge in [0.25, 0.3) is 5.91 Å². The number of carbonyl (C=O) groups excluding carboxylic acids is 1. The van der Waals surface area contributed by atoms with E-state index in [1.54, 1.807) is 0 Å². The number of rotatable bonds is 1. The summed E-state index contributed by atoms with van der Waals surface area (Å²) in [6.07, 6.45) is -4.15. The summed E-state index contributed by atoms with van der Waals surface area (Å²) < 4.78 is 36.7. The summed E-state index contributed by atoms with van der Waals surface area (Å²) in [5, 5.41) is 9.01. The molecule has 0 unspecified atom stereocenters. The summed E-state index contributed by atoms with van der Waals surface area (Å²) in [5.74, 6) is -0.420. The number of pyridine rings is 1. The Morgan fingerprint density at radius 2 is 2.06 bits per heavy atom. The van der Waals surface area contributed by atoms with Gasteiger partial charge in [0.2, 0.25) is 0 Å². The van der Waals surface area contributed by atoms with Crippen molar-refractivity contribution in [2.75, 3.05) is 13.1 Å². The zero-order valence-corrected chi connectivity index (χ0v) is 8.61. The number of carbonyl (C=O) groups is 1. The first-order valence-electron chi connectivity index (χ1n) is 4.88. The summed E-state index contributed by atoms with van der Waals surface area (Å²) in [6.45, 7) is 0.416. The molecule has 17 heavy (non-hydrogen) atoms. The number of alkyl halides is 3. The number of aromatic nitrogens is 1. The van der Waals surface area contributed by atoms with Crippen LogP contribution in [-0.2, 0) is 6.18 Å². The van der Waals surface area contributed by atoms with Crippen molar-refractivity contribution < 1.29 is 23.1 Å². The monoisotopic (exact) mass is 246 g/mol. The van der Waals surface area contributed by atoms with Crippen molar-refractivity contribution in [3.8, 4) is 0 Å². The minimum absolute atomic E-state index is 0.0879. The smallest absolute Gasteiger partial charge is 0.389 e. The minimum Gasteiger partial charge on any atom is -0.389 e. The van der Waals surface area contributed by atoms with Crippen molar-refractivity contribution in [3.63, 3.8) is 0 Å². The van der Waals surface area contributed by atoms with E-state index in [9.17, 15) is 18.0 Å². The molecule has 1 saturated heterocycles. The molecule has 0 radical (unpaired) electrons. The molecule has 0 aliphatic carbocycles. The first kappa shape index (κ1) is 11.8. The molecule has 1 N–H and O–H groups in total. The standard InChI is InChI=1S/C10H9F3N2O2/c11-10(12,13)8-2-1-6(3-14-8)9(17)15-4-7(16)5-15/h1-3,7,16H,4-5H2. The van der Waals surface area contributed by atoms with Crippen LogP contribution in [0.5, 0.6) is 0 Å². The Morgan fingerprint density at radius 3 is 2.47 bits per heavy atom. The highest BCUT2D eigenvalue weighted by Crippen LogP contribution is 2.27. The second-order valence-corrected chi connectivity index (χ2v) is 3.79. The third-order valence-electron chi connectivity index (χ3n) is 2.45. The molecular formula is C10H9F3N2O2. The highest BCUT2D eigenvalue weighted by molar-refractivity contribution is 5.94. The maximum atomic E-state index is 12.2. The normalized spacial score (nSPS) is 16.8. The fourth-order valence-electron chi connectivity index (χ4n) is 1.49. The van der Waals surface area contributed by atoms with Crippen molar-refractivity contribution in [2.45, 2.75) is 12.3 Å². The molecule has 0 saturated carbocycles. The van der Waals surface area contributed by atoms with Gasteiger partial charge in [0.1, 0.15) is 5.69 Å². The number of likely N-dealkylation sites (tertiary alicyclic amines) is 1. The lowest BCUT2D eigenvalue weighted by atomic mass is 10.1. The van der Waals surface area contributed by atoms with Crippen LogP contribution in [0.1, 0.15) is 16.1 Å². The van der Waals surface area contributed by atoms with E-state index in [-0.39, 0.29) is 18.7 Å². The molecule has 1 aromatic heterocycles. The molecule has 7 heteroatoms. The van der Waals surface area contributed by atoms with E-state index in [2.05, 4.69) is 4.98 Å². The lowest BCUT2D eigenvalue weighted by Gasteiger charge is -2.35. The van der Waals surface area contributed by atoms with Crippen LogP contribution < -0.4 is 0 Å². The van der Waals surface area contributed by atoms with Crippen LogP contribution >= 0.6 is 0 Å². The zero-order valence-electron chi connectivity index (χ0n) is 8.61. The largest absolute Gasteiger partial charge is 0.433 e.